The van der Waals surface area contributed by atoms with E-state index in [-0.39, 0.29) is 35.6 Å². The molecule has 1 saturated heterocycles. The van der Waals surface area contributed by atoms with Gasteiger partial charge in [-0.1, -0.05) is 19.3 Å². The minimum atomic E-state index is -0.910. The summed E-state index contributed by atoms with van der Waals surface area (Å²) in [7, 11) is 0. The highest BCUT2D eigenvalue weighted by Gasteiger charge is 2.41. The Morgan fingerprint density at radius 1 is 1.00 bits per heavy atom. The highest BCUT2D eigenvalue weighted by atomic mass is 16.6. The molecule has 1 aliphatic carbocycles. The van der Waals surface area contributed by atoms with Gasteiger partial charge in [0.15, 0.2) is 0 Å². The number of ether oxygens (including phenoxy) is 2. The summed E-state index contributed by atoms with van der Waals surface area (Å²) < 4.78 is 9.92. The van der Waals surface area contributed by atoms with Crippen molar-refractivity contribution in [2.24, 2.45) is 0 Å². The van der Waals surface area contributed by atoms with Crippen molar-refractivity contribution >= 4 is 23.8 Å². The molecule has 0 aromatic heterocycles. The fourth-order valence-corrected chi connectivity index (χ4v) is 3.84. The summed E-state index contributed by atoms with van der Waals surface area (Å²) in [5.41, 5.74) is 0.691. The van der Waals surface area contributed by atoms with Crippen molar-refractivity contribution in [1.29, 1.82) is 0 Å². The first-order valence-corrected chi connectivity index (χ1v) is 8.96. The molecule has 1 saturated carbocycles. The highest BCUT2D eigenvalue weighted by Crippen LogP contribution is 2.31. The van der Waals surface area contributed by atoms with Gasteiger partial charge in [-0.2, -0.15) is 0 Å². The molecule has 1 atom stereocenters. The number of nitrogens with zero attached hydrogens (tertiary/aromatic N) is 1. The smallest absolute Gasteiger partial charge is 0.347 e. The third-order valence-electron chi connectivity index (χ3n) is 5.23. The van der Waals surface area contributed by atoms with E-state index in [1.54, 1.807) is 0 Å². The fourth-order valence-electron chi connectivity index (χ4n) is 3.84. The number of hydrogen-bond acceptors (Lipinski definition) is 6. The molecule has 0 N–H and O–H groups in total. The predicted molar refractivity (Wildman–Crippen MR) is 88.6 cm³/mol. The van der Waals surface area contributed by atoms with Crippen LogP contribution in [0.2, 0.25) is 0 Å². The van der Waals surface area contributed by atoms with Crippen LogP contribution in [0.25, 0.3) is 0 Å². The molecule has 0 bridgehead atoms. The average molecular weight is 357 g/mol. The van der Waals surface area contributed by atoms with Crippen molar-refractivity contribution in [2.45, 2.75) is 50.7 Å². The largest absolute Gasteiger partial charge is 0.463 e. The third-order valence-corrected chi connectivity index (χ3v) is 5.23. The SMILES string of the molecule is O=C(O[C@H]1CCOC1=O)c1ccc2c(c1)C(=O)N(C1CCCCC1)C2=O. The van der Waals surface area contributed by atoms with Crippen LogP contribution >= 0.6 is 0 Å². The summed E-state index contributed by atoms with van der Waals surface area (Å²) in [6.45, 7) is 0.226. The quantitative estimate of drug-likeness (QED) is 0.608. The molecular formula is C19H19NO6. The zero-order valence-corrected chi connectivity index (χ0v) is 14.2. The summed E-state index contributed by atoms with van der Waals surface area (Å²) in [6, 6.07) is 4.26. The number of rotatable bonds is 3. The van der Waals surface area contributed by atoms with Crippen LogP contribution in [0.15, 0.2) is 18.2 Å². The lowest BCUT2D eigenvalue weighted by Gasteiger charge is -2.29. The van der Waals surface area contributed by atoms with Gasteiger partial charge in [-0.25, -0.2) is 9.59 Å². The zero-order valence-electron chi connectivity index (χ0n) is 14.2. The molecule has 3 aliphatic rings. The Bertz CT molecular complexity index is 795. The Hall–Kier alpha value is -2.70. The molecule has 26 heavy (non-hydrogen) atoms. The summed E-state index contributed by atoms with van der Waals surface area (Å²) >= 11 is 0. The van der Waals surface area contributed by atoms with Gasteiger partial charge in [-0.3, -0.25) is 14.5 Å². The van der Waals surface area contributed by atoms with Crippen molar-refractivity contribution in [3.63, 3.8) is 0 Å². The predicted octanol–water partition coefficient (Wildman–Crippen LogP) is 2.09. The van der Waals surface area contributed by atoms with E-state index in [9.17, 15) is 19.2 Å². The maximum atomic E-state index is 12.8. The number of carbonyl (C=O) groups is 4. The summed E-state index contributed by atoms with van der Waals surface area (Å²) in [4.78, 5) is 50.4. The Labute approximate surface area is 150 Å². The lowest BCUT2D eigenvalue weighted by Crippen LogP contribution is -2.40. The van der Waals surface area contributed by atoms with Gasteiger partial charge in [-0.05, 0) is 31.0 Å². The number of cyclic esters (lactones) is 1. The minimum absolute atomic E-state index is 0.0696. The normalized spacial score (nSPS) is 23.2. The Morgan fingerprint density at radius 2 is 1.73 bits per heavy atom. The monoisotopic (exact) mass is 357 g/mol. The third kappa shape index (κ3) is 2.77. The molecule has 2 fully saturated rings. The summed E-state index contributed by atoms with van der Waals surface area (Å²) in [6.07, 6.45) is 4.20. The first kappa shape index (κ1) is 16.8. The molecule has 0 radical (unpaired) electrons. The lowest BCUT2D eigenvalue weighted by atomic mass is 9.94. The molecule has 7 nitrogen and oxygen atoms in total. The van der Waals surface area contributed by atoms with Crippen LogP contribution in [0.4, 0.5) is 0 Å². The lowest BCUT2D eigenvalue weighted by molar-refractivity contribution is -0.145. The highest BCUT2D eigenvalue weighted by molar-refractivity contribution is 6.22. The van der Waals surface area contributed by atoms with Crippen molar-refractivity contribution in [3.8, 4) is 0 Å². The van der Waals surface area contributed by atoms with E-state index in [1.165, 1.54) is 23.1 Å². The van der Waals surface area contributed by atoms with E-state index in [0.717, 1.165) is 32.1 Å². The van der Waals surface area contributed by atoms with E-state index in [1.807, 2.05) is 0 Å². The van der Waals surface area contributed by atoms with Gasteiger partial charge in [0.05, 0.1) is 23.3 Å². The molecular weight excluding hydrogens is 338 g/mol. The number of fused-ring (bicyclic) bond motifs is 1. The van der Waals surface area contributed by atoms with Crippen molar-refractivity contribution in [3.05, 3.63) is 34.9 Å². The minimum Gasteiger partial charge on any atom is -0.463 e. The van der Waals surface area contributed by atoms with Crippen molar-refractivity contribution in [1.82, 2.24) is 4.90 Å². The van der Waals surface area contributed by atoms with Crippen LogP contribution in [0.5, 0.6) is 0 Å². The van der Waals surface area contributed by atoms with E-state index in [4.69, 9.17) is 9.47 Å². The number of imide groups is 1. The van der Waals surface area contributed by atoms with Gasteiger partial charge < -0.3 is 9.47 Å². The first-order valence-electron chi connectivity index (χ1n) is 8.96. The summed E-state index contributed by atoms with van der Waals surface area (Å²) in [5.74, 6) is -1.91. The van der Waals surface area contributed by atoms with E-state index < -0.39 is 18.0 Å². The number of hydrogen-bond donors (Lipinski definition) is 0. The van der Waals surface area contributed by atoms with Crippen molar-refractivity contribution in [2.75, 3.05) is 6.61 Å². The van der Waals surface area contributed by atoms with Crippen LogP contribution < -0.4 is 0 Å². The molecule has 2 aliphatic heterocycles. The summed E-state index contributed by atoms with van der Waals surface area (Å²) in [5, 5.41) is 0. The molecule has 2 amide bonds. The van der Waals surface area contributed by atoms with Gasteiger partial charge in [0.1, 0.15) is 0 Å². The van der Waals surface area contributed by atoms with Gasteiger partial charge in [0.2, 0.25) is 6.10 Å². The van der Waals surface area contributed by atoms with Gasteiger partial charge in [0, 0.05) is 12.5 Å². The molecule has 0 unspecified atom stereocenters. The maximum absolute atomic E-state index is 12.8. The van der Waals surface area contributed by atoms with Crippen LogP contribution in [-0.4, -0.2) is 47.4 Å². The molecule has 1 aromatic carbocycles. The standard InChI is InChI=1S/C19H19NO6/c21-16-13-7-6-11(18(23)26-15-8-9-25-19(15)24)10-14(13)17(22)20(16)12-4-2-1-3-5-12/h6-7,10,12,15H,1-5,8-9H2/t15-/m0/s1. The van der Waals surface area contributed by atoms with Crippen LogP contribution in [-0.2, 0) is 14.3 Å². The fraction of sp³-hybridized carbons (Fsp3) is 0.474. The molecule has 136 valence electrons. The van der Waals surface area contributed by atoms with Crippen LogP contribution in [0.3, 0.4) is 0 Å². The van der Waals surface area contributed by atoms with Gasteiger partial charge in [0.25, 0.3) is 11.8 Å². The second-order valence-corrected chi connectivity index (χ2v) is 6.88. The van der Waals surface area contributed by atoms with Crippen LogP contribution in [0, 0.1) is 0 Å². The Kier molecular flexibility index (Phi) is 4.22. The topological polar surface area (TPSA) is 90.0 Å². The number of amides is 2. The van der Waals surface area contributed by atoms with E-state index in [0.29, 0.717) is 12.0 Å². The first-order chi connectivity index (χ1) is 12.6. The Morgan fingerprint density at radius 3 is 2.42 bits per heavy atom. The molecule has 1 aromatic rings. The second-order valence-electron chi connectivity index (χ2n) is 6.88. The number of carbonyl (C=O) groups excluding carboxylic acids is 4. The van der Waals surface area contributed by atoms with Gasteiger partial charge in [-0.15, -0.1) is 0 Å². The van der Waals surface area contributed by atoms with Gasteiger partial charge >= 0.3 is 11.9 Å². The maximum Gasteiger partial charge on any atom is 0.347 e. The number of benzene rings is 1. The van der Waals surface area contributed by atoms with E-state index >= 15 is 0 Å². The van der Waals surface area contributed by atoms with E-state index in [2.05, 4.69) is 0 Å². The van der Waals surface area contributed by atoms with Crippen molar-refractivity contribution < 1.29 is 28.7 Å². The molecule has 7 heteroatoms. The molecule has 4 rings (SSSR count). The molecule has 0 spiro atoms. The molecule has 2 heterocycles. The Balaban J connectivity index is 1.55. The second kappa shape index (κ2) is 6.55. The van der Waals surface area contributed by atoms with Crippen LogP contribution in [0.1, 0.15) is 69.6 Å². The zero-order chi connectivity index (χ0) is 18.3. The number of esters is 2. The average Bonchev–Trinajstić information content (AvgIpc) is 3.17.